The molecule has 21 heavy (non-hydrogen) atoms. The van der Waals surface area contributed by atoms with Crippen LogP contribution in [0, 0.1) is 6.92 Å². The van der Waals surface area contributed by atoms with Crippen molar-refractivity contribution in [3.8, 4) is 0 Å². The van der Waals surface area contributed by atoms with Crippen LogP contribution in [-0.2, 0) is 0 Å². The molecule has 2 heterocycles. The van der Waals surface area contributed by atoms with E-state index in [9.17, 15) is 0 Å². The average Bonchev–Trinajstić information content (AvgIpc) is 2.85. The highest BCUT2D eigenvalue weighted by atomic mass is 35.5. The van der Waals surface area contributed by atoms with Gasteiger partial charge in [0.05, 0.1) is 10.2 Å². The zero-order valence-electron chi connectivity index (χ0n) is 11.9. The summed E-state index contributed by atoms with van der Waals surface area (Å²) in [6.45, 7) is 6.07. The van der Waals surface area contributed by atoms with Gasteiger partial charge in [-0.2, -0.15) is 0 Å². The number of fused-ring (bicyclic) bond motifs is 1. The first-order valence-electron chi connectivity index (χ1n) is 6.62. The van der Waals surface area contributed by atoms with Crippen molar-refractivity contribution < 1.29 is 0 Å². The number of hydrogen-bond donors (Lipinski definition) is 0. The summed E-state index contributed by atoms with van der Waals surface area (Å²) in [5, 5.41) is 1.41. The van der Waals surface area contributed by atoms with Crippen LogP contribution in [0.25, 0.3) is 10.2 Å². The van der Waals surface area contributed by atoms with E-state index in [0.29, 0.717) is 5.15 Å². The van der Waals surface area contributed by atoms with Crippen LogP contribution in [-0.4, -0.2) is 15.0 Å². The average molecular weight is 336 g/mol. The fourth-order valence-electron chi connectivity index (χ4n) is 1.82. The lowest BCUT2D eigenvalue weighted by atomic mass is 10.2. The van der Waals surface area contributed by atoms with Gasteiger partial charge in [-0.25, -0.2) is 15.0 Å². The number of rotatable bonds is 3. The third-order valence-corrected chi connectivity index (χ3v) is 5.59. The van der Waals surface area contributed by atoms with Crippen LogP contribution >= 0.6 is 34.7 Å². The lowest BCUT2D eigenvalue weighted by molar-refractivity contribution is 0.747. The molecule has 0 aliphatic heterocycles. The van der Waals surface area contributed by atoms with Crippen LogP contribution in [0.2, 0.25) is 5.15 Å². The van der Waals surface area contributed by atoms with Crippen LogP contribution in [0.15, 0.2) is 33.6 Å². The number of para-hydroxylation sites is 1. The molecule has 0 bridgehead atoms. The third kappa shape index (κ3) is 3.05. The first kappa shape index (κ1) is 14.8. The number of halogens is 1. The lowest BCUT2D eigenvalue weighted by Crippen LogP contribution is -2.01. The van der Waals surface area contributed by atoms with E-state index in [0.717, 1.165) is 26.3 Å². The smallest absolute Gasteiger partial charge is 0.157 e. The number of nitrogens with zero attached hydrogens (tertiary/aromatic N) is 3. The summed E-state index contributed by atoms with van der Waals surface area (Å²) in [5.41, 5.74) is 1.93. The van der Waals surface area contributed by atoms with Gasteiger partial charge in [0.15, 0.2) is 4.34 Å². The van der Waals surface area contributed by atoms with E-state index in [2.05, 4.69) is 34.9 Å². The first-order chi connectivity index (χ1) is 10.0. The molecule has 0 unspecified atom stereocenters. The van der Waals surface area contributed by atoms with Crippen molar-refractivity contribution in [2.75, 3.05) is 0 Å². The van der Waals surface area contributed by atoms with Crippen molar-refractivity contribution in [2.24, 2.45) is 0 Å². The number of aromatic nitrogens is 3. The second-order valence-corrected chi connectivity index (χ2v) is 7.63. The third-order valence-electron chi connectivity index (χ3n) is 3.03. The number of hydrogen-bond acceptors (Lipinski definition) is 5. The van der Waals surface area contributed by atoms with Crippen molar-refractivity contribution in [1.29, 1.82) is 0 Å². The molecule has 0 N–H and O–H groups in total. The Morgan fingerprint density at radius 3 is 2.62 bits per heavy atom. The summed E-state index contributed by atoms with van der Waals surface area (Å²) in [7, 11) is 0. The molecule has 0 atom stereocenters. The zero-order chi connectivity index (χ0) is 15.0. The molecule has 0 aliphatic rings. The SMILES string of the molecule is Cc1c(Cl)nc(C(C)C)nc1Sc1nc2ccccc2s1. The minimum atomic E-state index is 0.248. The summed E-state index contributed by atoms with van der Waals surface area (Å²) in [4.78, 5) is 13.6. The van der Waals surface area contributed by atoms with Gasteiger partial charge >= 0.3 is 0 Å². The highest BCUT2D eigenvalue weighted by Gasteiger charge is 2.14. The maximum Gasteiger partial charge on any atom is 0.157 e. The minimum absolute atomic E-state index is 0.248. The van der Waals surface area contributed by atoms with Crippen LogP contribution < -0.4 is 0 Å². The van der Waals surface area contributed by atoms with Crippen LogP contribution in [0.3, 0.4) is 0 Å². The van der Waals surface area contributed by atoms with Crippen LogP contribution in [0.5, 0.6) is 0 Å². The number of thiazole rings is 1. The highest BCUT2D eigenvalue weighted by molar-refractivity contribution is 8.01. The Kier molecular flexibility index (Phi) is 4.15. The maximum atomic E-state index is 6.23. The Hall–Kier alpha value is -1.17. The number of benzene rings is 1. The quantitative estimate of drug-likeness (QED) is 0.607. The summed E-state index contributed by atoms with van der Waals surface area (Å²) in [6, 6.07) is 8.13. The van der Waals surface area contributed by atoms with Gasteiger partial charge in [-0.1, -0.05) is 37.6 Å². The highest BCUT2D eigenvalue weighted by Crippen LogP contribution is 2.36. The molecular formula is C15H14ClN3S2. The molecule has 3 nitrogen and oxygen atoms in total. The lowest BCUT2D eigenvalue weighted by Gasteiger charge is -2.09. The zero-order valence-corrected chi connectivity index (χ0v) is 14.3. The van der Waals surface area contributed by atoms with E-state index in [4.69, 9.17) is 11.6 Å². The van der Waals surface area contributed by atoms with E-state index in [1.807, 2.05) is 25.1 Å². The molecule has 6 heteroatoms. The minimum Gasteiger partial charge on any atom is -0.229 e. The van der Waals surface area contributed by atoms with E-state index in [1.165, 1.54) is 4.70 Å². The molecule has 0 amide bonds. The first-order valence-corrected chi connectivity index (χ1v) is 8.63. The van der Waals surface area contributed by atoms with Crippen molar-refractivity contribution >= 4 is 44.9 Å². The monoisotopic (exact) mass is 335 g/mol. The molecule has 0 fully saturated rings. The fraction of sp³-hybridized carbons (Fsp3) is 0.267. The Morgan fingerprint density at radius 2 is 1.90 bits per heavy atom. The Labute approximate surface area is 136 Å². The molecule has 108 valence electrons. The second-order valence-electron chi connectivity index (χ2n) is 5.01. The normalized spacial score (nSPS) is 11.5. The molecule has 3 rings (SSSR count). The van der Waals surface area contributed by atoms with Gasteiger partial charge in [-0.05, 0) is 30.8 Å². The van der Waals surface area contributed by atoms with Gasteiger partial charge in [0, 0.05) is 11.5 Å². The van der Waals surface area contributed by atoms with Gasteiger partial charge in [0.1, 0.15) is 16.0 Å². The summed E-state index contributed by atoms with van der Waals surface area (Å²) >= 11 is 9.45. The molecule has 0 aliphatic carbocycles. The van der Waals surface area contributed by atoms with Crippen molar-refractivity contribution in [3.05, 3.63) is 40.8 Å². The van der Waals surface area contributed by atoms with Crippen molar-refractivity contribution in [2.45, 2.75) is 36.1 Å². The summed E-state index contributed by atoms with van der Waals surface area (Å²) in [5.74, 6) is 1.02. The van der Waals surface area contributed by atoms with E-state index in [-0.39, 0.29) is 5.92 Å². The van der Waals surface area contributed by atoms with Crippen molar-refractivity contribution in [1.82, 2.24) is 15.0 Å². The van der Waals surface area contributed by atoms with Crippen LogP contribution in [0.4, 0.5) is 0 Å². The Balaban J connectivity index is 2.00. The summed E-state index contributed by atoms with van der Waals surface area (Å²) < 4.78 is 2.16. The van der Waals surface area contributed by atoms with E-state index in [1.54, 1.807) is 23.1 Å². The maximum absolute atomic E-state index is 6.23. The topological polar surface area (TPSA) is 38.7 Å². The fourth-order valence-corrected chi connectivity index (χ4v) is 4.12. The second kappa shape index (κ2) is 5.91. The molecule has 0 spiro atoms. The van der Waals surface area contributed by atoms with E-state index < -0.39 is 0 Å². The molecule has 3 aromatic rings. The predicted molar refractivity (Wildman–Crippen MR) is 89.6 cm³/mol. The van der Waals surface area contributed by atoms with Gasteiger partial charge in [-0.15, -0.1) is 11.3 Å². The molecule has 0 saturated heterocycles. The molecule has 0 saturated carbocycles. The van der Waals surface area contributed by atoms with Crippen LogP contribution in [0.1, 0.15) is 31.2 Å². The van der Waals surface area contributed by atoms with Gasteiger partial charge in [0.2, 0.25) is 0 Å². The van der Waals surface area contributed by atoms with Gasteiger partial charge < -0.3 is 0 Å². The molecule has 0 radical (unpaired) electrons. The van der Waals surface area contributed by atoms with E-state index >= 15 is 0 Å². The Bertz CT molecular complexity index is 766. The largest absolute Gasteiger partial charge is 0.229 e. The predicted octanol–water partition coefficient (Wildman–Crippen LogP) is 5.32. The van der Waals surface area contributed by atoms with Crippen molar-refractivity contribution in [3.63, 3.8) is 0 Å². The van der Waals surface area contributed by atoms with Gasteiger partial charge in [0.25, 0.3) is 0 Å². The standard InChI is InChI=1S/C15H14ClN3S2/c1-8(2)13-18-12(16)9(3)14(19-13)21-15-17-10-6-4-5-7-11(10)20-15/h4-8H,1-3H3. The Morgan fingerprint density at radius 1 is 1.14 bits per heavy atom. The van der Waals surface area contributed by atoms with Gasteiger partial charge in [-0.3, -0.25) is 0 Å². The summed E-state index contributed by atoms with van der Waals surface area (Å²) in [6.07, 6.45) is 0. The molecule has 2 aromatic heterocycles. The molecule has 1 aromatic carbocycles. The molecular weight excluding hydrogens is 322 g/mol.